The number of nitrogens with two attached hydrogens (primary N) is 1. The van der Waals surface area contributed by atoms with Crippen LogP contribution in [-0.2, 0) is 11.2 Å². The van der Waals surface area contributed by atoms with E-state index in [0.717, 1.165) is 10.9 Å². The van der Waals surface area contributed by atoms with Crippen LogP contribution in [0.2, 0.25) is 0 Å². The monoisotopic (exact) mass is 281 g/mol. The van der Waals surface area contributed by atoms with Gasteiger partial charge in [0.25, 0.3) is 0 Å². The van der Waals surface area contributed by atoms with Crippen molar-refractivity contribution in [1.82, 2.24) is 5.16 Å². The van der Waals surface area contributed by atoms with Gasteiger partial charge in [-0.15, -0.1) is 0 Å². The molecule has 21 heavy (non-hydrogen) atoms. The van der Waals surface area contributed by atoms with Gasteiger partial charge in [-0.2, -0.15) is 0 Å². The molecule has 3 aromatic rings. The Labute approximate surface area is 121 Å². The molecule has 0 aliphatic rings. The predicted octanol–water partition coefficient (Wildman–Crippen LogP) is 2.90. The lowest BCUT2D eigenvalue weighted by Crippen LogP contribution is -2.15. The van der Waals surface area contributed by atoms with Crippen molar-refractivity contribution in [2.24, 2.45) is 0 Å². The first kappa shape index (κ1) is 13.2. The van der Waals surface area contributed by atoms with Crippen LogP contribution in [0.1, 0.15) is 11.3 Å². The second-order valence-corrected chi connectivity index (χ2v) is 4.87. The summed E-state index contributed by atoms with van der Waals surface area (Å²) in [6.07, 6.45) is 0.158. The van der Waals surface area contributed by atoms with Crippen LogP contribution in [0.4, 0.5) is 11.4 Å². The summed E-state index contributed by atoms with van der Waals surface area (Å²) in [5.41, 5.74) is 9.36. The minimum absolute atomic E-state index is 0.150. The molecule has 106 valence electrons. The van der Waals surface area contributed by atoms with Gasteiger partial charge in [-0.1, -0.05) is 23.4 Å². The molecule has 0 bridgehead atoms. The molecule has 0 saturated carbocycles. The second kappa shape index (κ2) is 5.28. The molecule has 1 aromatic heterocycles. The van der Waals surface area contributed by atoms with Crippen molar-refractivity contribution < 1.29 is 9.32 Å². The fourth-order valence-corrected chi connectivity index (χ4v) is 2.20. The molecule has 0 aliphatic heterocycles. The molecule has 0 atom stereocenters. The lowest BCUT2D eigenvalue weighted by atomic mass is 10.1. The molecule has 0 aliphatic carbocycles. The quantitative estimate of drug-likeness (QED) is 0.723. The first-order valence-corrected chi connectivity index (χ1v) is 6.63. The van der Waals surface area contributed by atoms with Crippen molar-refractivity contribution in [3.63, 3.8) is 0 Å². The number of benzene rings is 2. The maximum absolute atomic E-state index is 12.2. The molecule has 5 nitrogen and oxygen atoms in total. The number of aromatic nitrogens is 1. The number of nitrogens with one attached hydrogen (secondary N) is 1. The summed E-state index contributed by atoms with van der Waals surface area (Å²) in [4.78, 5) is 12.2. The molecular formula is C16H15N3O2. The minimum Gasteiger partial charge on any atom is -0.398 e. The number of rotatable bonds is 3. The molecule has 0 radical (unpaired) electrons. The van der Waals surface area contributed by atoms with E-state index in [4.69, 9.17) is 10.3 Å². The highest BCUT2D eigenvalue weighted by Crippen LogP contribution is 2.22. The number of hydrogen-bond donors (Lipinski definition) is 2. The summed E-state index contributed by atoms with van der Waals surface area (Å²) in [5.74, 6) is -0.150. The molecule has 3 rings (SSSR count). The number of carbonyl (C=O) groups excluding carboxylic acids is 1. The van der Waals surface area contributed by atoms with Gasteiger partial charge >= 0.3 is 0 Å². The standard InChI is InChI=1S/C16H15N3O2/c1-10-12(17)6-4-7-13(10)18-16(20)9-14-11-5-2-3-8-15(11)21-19-14/h2-8H,9,17H2,1H3,(H,18,20). The number of hydrogen-bond acceptors (Lipinski definition) is 4. The van der Waals surface area contributed by atoms with Gasteiger partial charge in [-0.3, -0.25) is 4.79 Å². The molecule has 3 N–H and O–H groups in total. The first-order valence-electron chi connectivity index (χ1n) is 6.63. The Morgan fingerprint density at radius 2 is 2.05 bits per heavy atom. The number of para-hydroxylation sites is 1. The summed E-state index contributed by atoms with van der Waals surface area (Å²) in [6.45, 7) is 1.87. The lowest BCUT2D eigenvalue weighted by molar-refractivity contribution is -0.115. The van der Waals surface area contributed by atoms with Crippen molar-refractivity contribution in [2.75, 3.05) is 11.1 Å². The summed E-state index contributed by atoms with van der Waals surface area (Å²) in [5, 5.41) is 7.67. The van der Waals surface area contributed by atoms with Gasteiger partial charge in [0.05, 0.1) is 6.42 Å². The zero-order valence-electron chi connectivity index (χ0n) is 11.6. The topological polar surface area (TPSA) is 81.1 Å². The van der Waals surface area contributed by atoms with E-state index in [2.05, 4.69) is 10.5 Å². The number of anilines is 2. The molecule has 0 spiro atoms. The van der Waals surface area contributed by atoms with E-state index in [1.54, 1.807) is 6.07 Å². The zero-order valence-corrected chi connectivity index (χ0v) is 11.6. The number of carbonyl (C=O) groups is 1. The molecule has 2 aromatic carbocycles. The van der Waals surface area contributed by atoms with E-state index in [0.29, 0.717) is 22.7 Å². The molecule has 1 heterocycles. The van der Waals surface area contributed by atoms with E-state index in [1.807, 2.05) is 43.3 Å². The van der Waals surface area contributed by atoms with E-state index in [1.165, 1.54) is 0 Å². The SMILES string of the molecule is Cc1c(N)cccc1NC(=O)Cc1noc2ccccc12. The Hall–Kier alpha value is -2.82. The van der Waals surface area contributed by atoms with Crippen molar-refractivity contribution in [2.45, 2.75) is 13.3 Å². The Morgan fingerprint density at radius 1 is 1.24 bits per heavy atom. The fourth-order valence-electron chi connectivity index (χ4n) is 2.20. The third kappa shape index (κ3) is 2.58. The van der Waals surface area contributed by atoms with Gasteiger partial charge in [-0.25, -0.2) is 0 Å². The van der Waals surface area contributed by atoms with Crippen molar-refractivity contribution in [3.05, 3.63) is 53.7 Å². The summed E-state index contributed by atoms with van der Waals surface area (Å²) in [6, 6.07) is 12.9. The first-order chi connectivity index (χ1) is 10.1. The average molecular weight is 281 g/mol. The van der Waals surface area contributed by atoms with Crippen LogP contribution in [0.25, 0.3) is 11.0 Å². The van der Waals surface area contributed by atoms with Crippen molar-refractivity contribution >= 4 is 28.3 Å². The Morgan fingerprint density at radius 3 is 2.90 bits per heavy atom. The van der Waals surface area contributed by atoms with Crippen LogP contribution in [0.3, 0.4) is 0 Å². The van der Waals surface area contributed by atoms with Crippen LogP contribution >= 0.6 is 0 Å². The van der Waals surface area contributed by atoms with Crippen LogP contribution in [0.15, 0.2) is 47.0 Å². The Balaban J connectivity index is 1.79. The normalized spacial score (nSPS) is 10.7. The van der Waals surface area contributed by atoms with Gasteiger partial charge < -0.3 is 15.6 Å². The summed E-state index contributed by atoms with van der Waals surface area (Å²) < 4.78 is 5.19. The van der Waals surface area contributed by atoms with Gasteiger partial charge in [0, 0.05) is 16.8 Å². The zero-order chi connectivity index (χ0) is 14.8. The second-order valence-electron chi connectivity index (χ2n) is 4.87. The fraction of sp³-hybridized carbons (Fsp3) is 0.125. The molecular weight excluding hydrogens is 266 g/mol. The van der Waals surface area contributed by atoms with Gasteiger partial charge in [0.1, 0.15) is 5.69 Å². The Bertz CT molecular complexity index is 808. The predicted molar refractivity (Wildman–Crippen MR) is 81.9 cm³/mol. The number of nitrogens with zero attached hydrogens (tertiary/aromatic N) is 1. The van der Waals surface area contributed by atoms with Gasteiger partial charge in [0.15, 0.2) is 5.58 Å². The maximum Gasteiger partial charge on any atom is 0.230 e. The minimum atomic E-state index is -0.150. The highest BCUT2D eigenvalue weighted by molar-refractivity contribution is 5.95. The third-order valence-corrected chi connectivity index (χ3v) is 3.43. The smallest absolute Gasteiger partial charge is 0.230 e. The summed E-state index contributed by atoms with van der Waals surface area (Å²) in [7, 11) is 0. The maximum atomic E-state index is 12.2. The molecule has 0 unspecified atom stereocenters. The van der Waals surface area contributed by atoms with E-state index < -0.39 is 0 Å². The van der Waals surface area contributed by atoms with Gasteiger partial charge in [-0.05, 0) is 36.8 Å². The van der Waals surface area contributed by atoms with Crippen molar-refractivity contribution in [3.8, 4) is 0 Å². The summed E-state index contributed by atoms with van der Waals surface area (Å²) >= 11 is 0. The molecule has 5 heteroatoms. The molecule has 0 fully saturated rings. The van der Waals surface area contributed by atoms with E-state index in [9.17, 15) is 4.79 Å². The van der Waals surface area contributed by atoms with E-state index in [-0.39, 0.29) is 12.3 Å². The number of nitrogen functional groups attached to an aromatic ring is 1. The highest BCUT2D eigenvalue weighted by Gasteiger charge is 2.13. The lowest BCUT2D eigenvalue weighted by Gasteiger charge is -2.09. The van der Waals surface area contributed by atoms with Crippen LogP contribution < -0.4 is 11.1 Å². The highest BCUT2D eigenvalue weighted by atomic mass is 16.5. The Kier molecular flexibility index (Phi) is 3.31. The van der Waals surface area contributed by atoms with Crippen LogP contribution in [-0.4, -0.2) is 11.1 Å². The van der Waals surface area contributed by atoms with E-state index >= 15 is 0 Å². The average Bonchev–Trinajstić information content (AvgIpc) is 2.87. The molecule has 0 saturated heterocycles. The van der Waals surface area contributed by atoms with Crippen molar-refractivity contribution in [1.29, 1.82) is 0 Å². The largest absolute Gasteiger partial charge is 0.398 e. The number of fused-ring (bicyclic) bond motifs is 1. The van der Waals surface area contributed by atoms with Crippen LogP contribution in [0, 0.1) is 6.92 Å². The number of amides is 1. The van der Waals surface area contributed by atoms with Gasteiger partial charge in [0.2, 0.25) is 5.91 Å². The molecule has 1 amide bonds. The third-order valence-electron chi connectivity index (χ3n) is 3.43. The van der Waals surface area contributed by atoms with Crippen LogP contribution in [0.5, 0.6) is 0 Å².